The van der Waals surface area contributed by atoms with Gasteiger partial charge in [0.05, 0.1) is 24.6 Å². The second-order valence-electron chi connectivity index (χ2n) is 5.95. The molecule has 1 saturated carbocycles. The maximum atomic E-state index is 10.5. The Morgan fingerprint density at radius 3 is 2.77 bits per heavy atom. The maximum Gasteiger partial charge on any atom is 0.165 e. The van der Waals surface area contributed by atoms with Crippen molar-refractivity contribution >= 4 is 17.0 Å². The number of allylic oxidation sites excluding steroid dienone is 1. The highest BCUT2D eigenvalue weighted by atomic mass is 16.3. The van der Waals surface area contributed by atoms with Crippen LogP contribution in [0.5, 0.6) is 0 Å². The zero-order valence-corrected chi connectivity index (χ0v) is 11.7. The summed E-state index contributed by atoms with van der Waals surface area (Å²) in [5.74, 6) is -0.225. The Morgan fingerprint density at radius 1 is 1.14 bits per heavy atom. The molecule has 4 rings (SSSR count). The Hall–Kier alpha value is -2.03. The molecule has 8 nitrogen and oxygen atoms in total. The molecule has 116 valence electrons. The zero-order valence-electron chi connectivity index (χ0n) is 11.7. The van der Waals surface area contributed by atoms with E-state index in [1.165, 1.54) is 6.33 Å². The van der Waals surface area contributed by atoms with Gasteiger partial charge in [-0.2, -0.15) is 0 Å². The summed E-state index contributed by atoms with van der Waals surface area (Å²) in [6.07, 6.45) is 4.37. The van der Waals surface area contributed by atoms with E-state index in [9.17, 15) is 15.3 Å². The number of hydrogen-bond donors (Lipinski definition) is 4. The number of aliphatic hydroxyl groups is 3. The minimum atomic E-state index is -1.00. The van der Waals surface area contributed by atoms with Gasteiger partial charge in [-0.1, -0.05) is 12.2 Å². The minimum absolute atomic E-state index is 0.0985. The number of nitrogen functional groups attached to an aromatic ring is 1. The summed E-state index contributed by atoms with van der Waals surface area (Å²) in [5, 5.41) is 30.9. The summed E-state index contributed by atoms with van der Waals surface area (Å²) >= 11 is 0. The number of hydrogen-bond acceptors (Lipinski definition) is 7. The highest BCUT2D eigenvalue weighted by Crippen LogP contribution is 2.47. The van der Waals surface area contributed by atoms with Gasteiger partial charge in [0.2, 0.25) is 0 Å². The standard InChI is InChI=1S/C14H17N5O3/c15-13-9-14(17-4-16-13)19(5-18-9)10-6-2-1-3-7(20)8(6)11(21)12(10)22/h1,3-8,10-12,20-22H,2H2,(H2,15,16,17)/t6?,7?,8?,10-,11?,12+/m1/s1. The average molecular weight is 303 g/mol. The molecule has 1 fully saturated rings. The van der Waals surface area contributed by atoms with Crippen LogP contribution in [0.25, 0.3) is 11.2 Å². The molecule has 2 aromatic heterocycles. The van der Waals surface area contributed by atoms with E-state index in [4.69, 9.17) is 5.73 Å². The van der Waals surface area contributed by atoms with Crippen LogP contribution in [0, 0.1) is 11.8 Å². The summed E-state index contributed by atoms with van der Waals surface area (Å²) in [5.41, 5.74) is 6.79. The fourth-order valence-corrected chi connectivity index (χ4v) is 3.88. The van der Waals surface area contributed by atoms with Crippen LogP contribution in [0.15, 0.2) is 24.8 Å². The third kappa shape index (κ3) is 1.71. The smallest absolute Gasteiger partial charge is 0.165 e. The molecule has 2 aliphatic rings. The molecule has 2 aliphatic carbocycles. The number of rotatable bonds is 1. The first-order chi connectivity index (χ1) is 10.6. The lowest BCUT2D eigenvalue weighted by atomic mass is 9.81. The third-order valence-electron chi connectivity index (χ3n) is 4.87. The number of imidazole rings is 1. The molecule has 0 radical (unpaired) electrons. The van der Waals surface area contributed by atoms with Gasteiger partial charge in [-0.3, -0.25) is 0 Å². The highest BCUT2D eigenvalue weighted by Gasteiger charge is 2.53. The lowest BCUT2D eigenvalue weighted by Gasteiger charge is -2.30. The lowest BCUT2D eigenvalue weighted by molar-refractivity contribution is -0.0192. The van der Waals surface area contributed by atoms with Gasteiger partial charge < -0.3 is 25.6 Å². The van der Waals surface area contributed by atoms with Crippen LogP contribution in [-0.4, -0.2) is 53.2 Å². The van der Waals surface area contributed by atoms with Gasteiger partial charge in [-0.25, -0.2) is 15.0 Å². The van der Waals surface area contributed by atoms with Crippen molar-refractivity contribution in [3.05, 3.63) is 24.8 Å². The van der Waals surface area contributed by atoms with E-state index < -0.39 is 30.3 Å². The van der Waals surface area contributed by atoms with Gasteiger partial charge in [0.15, 0.2) is 11.5 Å². The summed E-state index contributed by atoms with van der Waals surface area (Å²) in [7, 11) is 0. The summed E-state index contributed by atoms with van der Waals surface area (Å²) < 4.78 is 1.73. The van der Waals surface area contributed by atoms with Gasteiger partial charge in [0.25, 0.3) is 0 Å². The SMILES string of the molecule is Nc1ncnc2c1ncn2[C@@H]1C2CC=CC(O)C2C(O)[C@H]1O. The minimum Gasteiger partial charge on any atom is -0.390 e. The van der Waals surface area contributed by atoms with Crippen molar-refractivity contribution in [2.24, 2.45) is 11.8 Å². The normalized spacial score (nSPS) is 37.6. The molecule has 2 aromatic rings. The van der Waals surface area contributed by atoms with Crippen LogP contribution < -0.4 is 5.73 Å². The Morgan fingerprint density at radius 2 is 1.95 bits per heavy atom. The number of nitrogens with two attached hydrogens (primary N) is 1. The molecule has 0 aromatic carbocycles. The van der Waals surface area contributed by atoms with Crippen molar-refractivity contribution in [1.82, 2.24) is 19.5 Å². The maximum absolute atomic E-state index is 10.5. The molecule has 8 heteroatoms. The third-order valence-corrected chi connectivity index (χ3v) is 4.87. The molecule has 0 bridgehead atoms. The molecule has 22 heavy (non-hydrogen) atoms. The van der Waals surface area contributed by atoms with E-state index in [1.54, 1.807) is 17.0 Å². The van der Waals surface area contributed by atoms with Crippen molar-refractivity contribution in [3.63, 3.8) is 0 Å². The average Bonchev–Trinajstić information content (AvgIpc) is 3.02. The van der Waals surface area contributed by atoms with Crippen LogP contribution in [0.3, 0.4) is 0 Å². The van der Waals surface area contributed by atoms with E-state index in [0.717, 1.165) is 0 Å². The number of anilines is 1. The molecule has 0 amide bonds. The summed E-state index contributed by atoms with van der Waals surface area (Å²) in [6.45, 7) is 0. The molecule has 6 atom stereocenters. The van der Waals surface area contributed by atoms with Gasteiger partial charge in [0, 0.05) is 5.92 Å². The second-order valence-corrected chi connectivity index (χ2v) is 5.95. The van der Waals surface area contributed by atoms with Crippen molar-refractivity contribution in [2.45, 2.75) is 30.8 Å². The molecule has 4 unspecified atom stereocenters. The zero-order chi connectivity index (χ0) is 15.4. The van der Waals surface area contributed by atoms with Crippen LogP contribution in [-0.2, 0) is 0 Å². The second kappa shape index (κ2) is 4.73. The Kier molecular flexibility index (Phi) is 2.93. The quantitative estimate of drug-likeness (QED) is 0.509. The molecule has 0 saturated heterocycles. The number of nitrogens with zero attached hydrogens (tertiary/aromatic N) is 4. The van der Waals surface area contributed by atoms with Crippen LogP contribution in [0.1, 0.15) is 12.5 Å². The first-order valence-electron chi connectivity index (χ1n) is 7.23. The summed E-state index contributed by atoms with van der Waals surface area (Å²) in [4.78, 5) is 12.3. The number of fused-ring (bicyclic) bond motifs is 2. The van der Waals surface area contributed by atoms with Crippen LogP contribution >= 0.6 is 0 Å². The molecular formula is C14H17N5O3. The van der Waals surface area contributed by atoms with Crippen molar-refractivity contribution in [3.8, 4) is 0 Å². The molecular weight excluding hydrogens is 286 g/mol. The van der Waals surface area contributed by atoms with Crippen molar-refractivity contribution < 1.29 is 15.3 Å². The highest BCUT2D eigenvalue weighted by molar-refractivity contribution is 5.81. The molecule has 0 aliphatic heterocycles. The lowest BCUT2D eigenvalue weighted by Crippen LogP contribution is -2.35. The van der Waals surface area contributed by atoms with E-state index in [1.807, 2.05) is 6.08 Å². The fraction of sp³-hybridized carbons (Fsp3) is 0.500. The first-order valence-corrected chi connectivity index (χ1v) is 7.23. The van der Waals surface area contributed by atoms with E-state index in [0.29, 0.717) is 17.6 Å². The molecule has 2 heterocycles. The van der Waals surface area contributed by atoms with Crippen molar-refractivity contribution in [2.75, 3.05) is 5.73 Å². The predicted octanol–water partition coefficient (Wildman–Crippen LogP) is -0.762. The summed E-state index contributed by atoms with van der Waals surface area (Å²) in [6, 6.07) is -0.418. The Balaban J connectivity index is 1.84. The van der Waals surface area contributed by atoms with E-state index >= 15 is 0 Å². The van der Waals surface area contributed by atoms with Gasteiger partial charge in [0.1, 0.15) is 17.9 Å². The van der Waals surface area contributed by atoms with Gasteiger partial charge in [-0.05, 0) is 12.3 Å². The Bertz CT molecular complexity index is 745. The number of aliphatic hydroxyl groups excluding tert-OH is 3. The molecule has 5 N–H and O–H groups in total. The monoisotopic (exact) mass is 303 g/mol. The topological polar surface area (TPSA) is 130 Å². The first kappa shape index (κ1) is 13.6. The predicted molar refractivity (Wildman–Crippen MR) is 77.5 cm³/mol. The fourth-order valence-electron chi connectivity index (χ4n) is 3.88. The van der Waals surface area contributed by atoms with Gasteiger partial charge >= 0.3 is 0 Å². The molecule has 0 spiro atoms. The Labute approximate surface area is 125 Å². The van der Waals surface area contributed by atoms with E-state index in [-0.39, 0.29) is 11.7 Å². The number of aromatic nitrogens is 4. The largest absolute Gasteiger partial charge is 0.390 e. The van der Waals surface area contributed by atoms with Crippen LogP contribution in [0.2, 0.25) is 0 Å². The van der Waals surface area contributed by atoms with Crippen LogP contribution in [0.4, 0.5) is 5.82 Å². The van der Waals surface area contributed by atoms with Gasteiger partial charge in [-0.15, -0.1) is 0 Å². The van der Waals surface area contributed by atoms with E-state index in [2.05, 4.69) is 15.0 Å². The van der Waals surface area contributed by atoms with Crippen molar-refractivity contribution in [1.29, 1.82) is 0 Å².